The smallest absolute Gasteiger partial charge is 0.378 e. The number of hydrogen-bond donors (Lipinski definition) is 0. The van der Waals surface area contributed by atoms with Crippen molar-refractivity contribution >= 4 is 29.1 Å². The summed E-state index contributed by atoms with van der Waals surface area (Å²) in [5, 5.41) is 12.0. The van der Waals surface area contributed by atoms with Crippen LogP contribution in [0.25, 0.3) is 5.76 Å². The highest BCUT2D eigenvalue weighted by atomic mass is 35.5. The predicted octanol–water partition coefficient (Wildman–Crippen LogP) is 1.17. The van der Waals surface area contributed by atoms with E-state index in [2.05, 4.69) is 4.74 Å². The van der Waals surface area contributed by atoms with Gasteiger partial charge in [0.15, 0.2) is 0 Å². The number of ketones is 1. The van der Waals surface area contributed by atoms with E-state index >= 15 is 0 Å². The lowest BCUT2D eigenvalue weighted by atomic mass is 10.1. The summed E-state index contributed by atoms with van der Waals surface area (Å²) < 4.78 is 4.47. The molecule has 0 heterocycles. The van der Waals surface area contributed by atoms with Crippen LogP contribution < -0.4 is 5.11 Å². The first-order valence-electron chi connectivity index (χ1n) is 4.90. The average molecular weight is 254 g/mol. The van der Waals surface area contributed by atoms with E-state index in [0.717, 1.165) is 0 Å². The zero-order valence-corrected chi connectivity index (χ0v) is 9.86. The van der Waals surface area contributed by atoms with Crippen LogP contribution in [0.3, 0.4) is 0 Å². The zero-order valence-electron chi connectivity index (χ0n) is 9.10. The molecule has 0 saturated carbocycles. The molecule has 0 saturated heterocycles. The third-order valence-electron chi connectivity index (χ3n) is 1.87. The number of ether oxygens (including phenoxy) is 1. The van der Waals surface area contributed by atoms with E-state index in [9.17, 15) is 14.7 Å². The van der Waals surface area contributed by atoms with Crippen LogP contribution in [0, 0.1) is 0 Å². The van der Waals surface area contributed by atoms with Crippen LogP contribution in [-0.2, 0) is 14.3 Å². The number of rotatable bonds is 4. The fourth-order valence-corrected chi connectivity index (χ4v) is 1.20. The average Bonchev–Trinajstić information content (AvgIpc) is 2.30. The number of benzene rings is 1. The second-order valence-electron chi connectivity index (χ2n) is 3.10. The Morgan fingerprint density at radius 2 is 1.94 bits per heavy atom. The van der Waals surface area contributed by atoms with E-state index in [1.54, 1.807) is 6.92 Å². The quantitative estimate of drug-likeness (QED) is 0.350. The van der Waals surface area contributed by atoms with Gasteiger partial charge in [0.25, 0.3) is 5.78 Å². The van der Waals surface area contributed by atoms with Gasteiger partial charge in [0.2, 0.25) is 0 Å². The highest BCUT2D eigenvalue weighted by Gasteiger charge is 2.10. The van der Waals surface area contributed by atoms with Gasteiger partial charge in [-0.2, -0.15) is 0 Å². The molecule has 0 spiro atoms. The second-order valence-corrected chi connectivity index (χ2v) is 3.54. The maximum atomic E-state index is 11.5. The molecule has 5 heteroatoms. The summed E-state index contributed by atoms with van der Waals surface area (Å²) in [6.45, 7) is 1.67. The number of carbonyl (C=O) groups is 2. The molecule has 0 fully saturated rings. The lowest BCUT2D eigenvalue weighted by Gasteiger charge is -2.11. The Bertz CT molecular complexity index is 448. The van der Waals surface area contributed by atoms with Crippen LogP contribution in [0.2, 0.25) is 5.02 Å². The third-order valence-corrected chi connectivity index (χ3v) is 2.12. The van der Waals surface area contributed by atoms with Gasteiger partial charge in [-0.3, -0.25) is 4.79 Å². The molecular weight excluding hydrogens is 244 g/mol. The molecule has 0 N–H and O–H groups in total. The van der Waals surface area contributed by atoms with Crippen LogP contribution in [-0.4, -0.2) is 18.4 Å². The first-order chi connectivity index (χ1) is 8.04. The number of halogens is 1. The molecule has 0 atom stereocenters. The lowest BCUT2D eigenvalue weighted by Crippen LogP contribution is -2.17. The van der Waals surface area contributed by atoms with Crippen molar-refractivity contribution in [2.75, 3.05) is 6.61 Å². The minimum atomic E-state index is -1.03. The van der Waals surface area contributed by atoms with Gasteiger partial charge in [0.1, 0.15) is 0 Å². The van der Waals surface area contributed by atoms with E-state index in [-0.39, 0.29) is 12.2 Å². The van der Waals surface area contributed by atoms with Crippen molar-refractivity contribution in [3.05, 3.63) is 40.9 Å². The Labute approximate surface area is 103 Å². The molecule has 4 nitrogen and oxygen atoms in total. The molecule has 0 aliphatic carbocycles. The highest BCUT2D eigenvalue weighted by Crippen LogP contribution is 2.13. The number of carbonyl (C=O) groups excluding carboxylic acids is 2. The van der Waals surface area contributed by atoms with Crippen LogP contribution in [0.5, 0.6) is 0 Å². The van der Waals surface area contributed by atoms with Crippen molar-refractivity contribution in [3.63, 3.8) is 0 Å². The number of hydrogen-bond acceptors (Lipinski definition) is 4. The Morgan fingerprint density at radius 3 is 2.47 bits per heavy atom. The summed E-state index contributed by atoms with van der Waals surface area (Å²) >= 11 is 5.65. The summed E-state index contributed by atoms with van der Waals surface area (Å²) in [5.74, 6) is -2.55. The van der Waals surface area contributed by atoms with Crippen molar-refractivity contribution < 1.29 is 19.4 Å². The summed E-state index contributed by atoms with van der Waals surface area (Å²) in [6, 6.07) is 5.99. The first-order valence-corrected chi connectivity index (χ1v) is 5.28. The summed E-state index contributed by atoms with van der Waals surface area (Å²) in [6.07, 6.45) is 0.710. The van der Waals surface area contributed by atoms with Gasteiger partial charge in [-0.05, 0) is 30.7 Å². The SMILES string of the molecule is CCOC(=O)C(=O)C=C([O-])c1ccc(Cl)cc1. The molecule has 17 heavy (non-hydrogen) atoms. The molecular formula is C12H10ClO4-. The van der Waals surface area contributed by atoms with Gasteiger partial charge in [-0.25, -0.2) is 4.79 Å². The fourth-order valence-electron chi connectivity index (χ4n) is 1.08. The van der Waals surface area contributed by atoms with Crippen molar-refractivity contribution in [2.45, 2.75) is 6.92 Å². The summed E-state index contributed by atoms with van der Waals surface area (Å²) in [7, 11) is 0. The molecule has 1 aromatic rings. The van der Waals surface area contributed by atoms with E-state index in [0.29, 0.717) is 11.1 Å². The Morgan fingerprint density at radius 1 is 1.35 bits per heavy atom. The van der Waals surface area contributed by atoms with Gasteiger partial charge in [-0.15, -0.1) is 0 Å². The molecule has 0 aliphatic rings. The van der Waals surface area contributed by atoms with Gasteiger partial charge in [0.05, 0.1) is 6.61 Å². The standard InChI is InChI=1S/C12H11ClO4/c1-2-17-12(16)11(15)7-10(14)8-3-5-9(13)6-4-8/h3-7,14H,2H2,1H3/p-1. The van der Waals surface area contributed by atoms with Gasteiger partial charge in [-0.1, -0.05) is 29.5 Å². The topological polar surface area (TPSA) is 66.4 Å². The minimum Gasteiger partial charge on any atom is -0.872 e. The van der Waals surface area contributed by atoms with E-state index in [1.807, 2.05) is 0 Å². The zero-order chi connectivity index (χ0) is 12.8. The predicted molar refractivity (Wildman–Crippen MR) is 61.1 cm³/mol. The molecule has 0 unspecified atom stereocenters. The largest absolute Gasteiger partial charge is 0.872 e. The van der Waals surface area contributed by atoms with Gasteiger partial charge < -0.3 is 9.84 Å². The first kappa shape index (κ1) is 13.3. The normalized spacial score (nSPS) is 11.1. The molecule has 1 rings (SSSR count). The van der Waals surface area contributed by atoms with Crippen molar-refractivity contribution in [3.8, 4) is 0 Å². The van der Waals surface area contributed by atoms with Gasteiger partial charge in [0, 0.05) is 5.02 Å². The monoisotopic (exact) mass is 253 g/mol. The van der Waals surface area contributed by atoms with E-state index in [1.165, 1.54) is 24.3 Å². The molecule has 0 radical (unpaired) electrons. The van der Waals surface area contributed by atoms with Crippen LogP contribution in [0.1, 0.15) is 12.5 Å². The van der Waals surface area contributed by atoms with Crippen molar-refractivity contribution in [2.24, 2.45) is 0 Å². The Balaban J connectivity index is 2.82. The molecule has 90 valence electrons. The number of esters is 1. The summed E-state index contributed by atoms with van der Waals surface area (Å²) in [4.78, 5) is 22.2. The van der Waals surface area contributed by atoms with Crippen molar-refractivity contribution in [1.82, 2.24) is 0 Å². The lowest BCUT2D eigenvalue weighted by molar-refractivity contribution is -0.243. The third kappa shape index (κ3) is 3.92. The van der Waals surface area contributed by atoms with Crippen LogP contribution >= 0.6 is 11.6 Å². The van der Waals surface area contributed by atoms with Crippen LogP contribution in [0.15, 0.2) is 30.3 Å². The highest BCUT2D eigenvalue weighted by molar-refractivity contribution is 6.39. The molecule has 0 aromatic heterocycles. The second kappa shape index (κ2) is 6.06. The Hall–Kier alpha value is -1.81. The molecule has 1 aromatic carbocycles. The molecule has 0 bridgehead atoms. The van der Waals surface area contributed by atoms with E-state index in [4.69, 9.17) is 11.6 Å². The van der Waals surface area contributed by atoms with Crippen LogP contribution in [0.4, 0.5) is 0 Å². The van der Waals surface area contributed by atoms with Crippen molar-refractivity contribution in [1.29, 1.82) is 0 Å². The molecule has 0 aliphatic heterocycles. The maximum Gasteiger partial charge on any atom is 0.378 e. The fraction of sp³-hybridized carbons (Fsp3) is 0.167. The minimum absolute atomic E-state index is 0.0908. The Kier molecular flexibility index (Phi) is 4.72. The molecule has 0 amide bonds. The maximum absolute atomic E-state index is 11.5. The van der Waals surface area contributed by atoms with E-state index < -0.39 is 17.5 Å². The summed E-state index contributed by atoms with van der Waals surface area (Å²) in [5.41, 5.74) is 0.284. The van der Waals surface area contributed by atoms with Gasteiger partial charge >= 0.3 is 5.97 Å².